The lowest BCUT2D eigenvalue weighted by Gasteiger charge is -2.34. The average Bonchev–Trinajstić information content (AvgIpc) is 2.27. The van der Waals surface area contributed by atoms with Crippen molar-refractivity contribution in [3.63, 3.8) is 0 Å². The Morgan fingerprint density at radius 1 is 1.35 bits per heavy atom. The van der Waals surface area contributed by atoms with E-state index in [9.17, 15) is 0 Å². The van der Waals surface area contributed by atoms with Crippen molar-refractivity contribution in [2.45, 2.75) is 52.6 Å². The van der Waals surface area contributed by atoms with Crippen molar-refractivity contribution in [2.24, 2.45) is 5.41 Å². The van der Waals surface area contributed by atoms with Crippen molar-refractivity contribution >= 4 is 15.9 Å². The zero-order valence-electron chi connectivity index (χ0n) is 10.8. The van der Waals surface area contributed by atoms with Crippen LogP contribution >= 0.6 is 15.9 Å². The predicted molar refractivity (Wildman–Crippen MR) is 73.3 cm³/mol. The van der Waals surface area contributed by atoms with Crippen molar-refractivity contribution in [2.75, 3.05) is 0 Å². The van der Waals surface area contributed by atoms with E-state index >= 15 is 0 Å². The molecular weight excluding hydrogens is 278 g/mol. The Hall–Kier alpha value is -0.570. The van der Waals surface area contributed by atoms with E-state index in [-0.39, 0.29) is 0 Å². The zero-order chi connectivity index (χ0) is 12.5. The number of aromatic nitrogens is 1. The molecule has 1 aromatic rings. The van der Waals surface area contributed by atoms with Gasteiger partial charge >= 0.3 is 0 Å². The van der Waals surface area contributed by atoms with Crippen molar-refractivity contribution < 1.29 is 4.74 Å². The van der Waals surface area contributed by atoms with Crippen LogP contribution in [0.4, 0.5) is 0 Å². The molecule has 1 fully saturated rings. The summed E-state index contributed by atoms with van der Waals surface area (Å²) in [5, 5.41) is 0. The molecule has 3 heteroatoms. The van der Waals surface area contributed by atoms with Crippen LogP contribution in [0.5, 0.6) is 5.88 Å². The van der Waals surface area contributed by atoms with E-state index in [2.05, 4.69) is 41.7 Å². The Morgan fingerprint density at radius 3 is 2.59 bits per heavy atom. The van der Waals surface area contributed by atoms with E-state index < -0.39 is 0 Å². The van der Waals surface area contributed by atoms with Crippen LogP contribution in [0.25, 0.3) is 0 Å². The molecule has 0 radical (unpaired) electrons. The first-order valence-electron chi connectivity index (χ1n) is 6.25. The molecule has 0 spiro atoms. The van der Waals surface area contributed by atoms with Gasteiger partial charge in [-0.1, -0.05) is 13.8 Å². The SMILES string of the molecule is Cc1cc(OC2CCC(C)(C)CC2)ncc1Br. The van der Waals surface area contributed by atoms with Crippen molar-refractivity contribution in [1.29, 1.82) is 0 Å². The molecule has 2 nitrogen and oxygen atoms in total. The molecule has 0 bridgehead atoms. The average molecular weight is 298 g/mol. The summed E-state index contributed by atoms with van der Waals surface area (Å²) in [5.41, 5.74) is 1.66. The maximum absolute atomic E-state index is 5.95. The minimum atomic E-state index is 0.344. The summed E-state index contributed by atoms with van der Waals surface area (Å²) in [7, 11) is 0. The fraction of sp³-hybridized carbons (Fsp3) is 0.643. The van der Waals surface area contributed by atoms with Gasteiger partial charge in [0.1, 0.15) is 6.10 Å². The minimum Gasteiger partial charge on any atom is -0.474 e. The summed E-state index contributed by atoms with van der Waals surface area (Å²) in [6, 6.07) is 2.00. The van der Waals surface area contributed by atoms with Crippen LogP contribution in [0.2, 0.25) is 0 Å². The maximum atomic E-state index is 5.95. The lowest BCUT2D eigenvalue weighted by Crippen LogP contribution is -2.28. The van der Waals surface area contributed by atoms with Gasteiger partial charge in [-0.2, -0.15) is 0 Å². The third-order valence-corrected chi connectivity index (χ3v) is 4.43. The van der Waals surface area contributed by atoms with E-state index in [0.29, 0.717) is 11.5 Å². The second-order valence-corrected chi connectivity index (χ2v) is 6.61. The summed E-state index contributed by atoms with van der Waals surface area (Å²) >= 11 is 3.45. The fourth-order valence-corrected chi connectivity index (χ4v) is 2.46. The van der Waals surface area contributed by atoms with Crippen molar-refractivity contribution in [1.82, 2.24) is 4.98 Å². The van der Waals surface area contributed by atoms with Crippen LogP contribution in [-0.2, 0) is 0 Å². The standard InChI is InChI=1S/C14H20BrNO/c1-10-8-13(16-9-12(10)15)17-11-4-6-14(2,3)7-5-11/h8-9,11H,4-7H2,1-3H3. The predicted octanol–water partition coefficient (Wildman–Crippen LogP) is 4.50. The number of hydrogen-bond acceptors (Lipinski definition) is 2. The zero-order valence-corrected chi connectivity index (χ0v) is 12.4. The highest BCUT2D eigenvalue weighted by Crippen LogP contribution is 2.36. The molecule has 94 valence electrons. The Labute approximate surface area is 112 Å². The third-order valence-electron chi connectivity index (χ3n) is 3.60. The normalized spacial score (nSPS) is 20.2. The van der Waals surface area contributed by atoms with Gasteiger partial charge in [-0.15, -0.1) is 0 Å². The molecule has 0 atom stereocenters. The van der Waals surface area contributed by atoms with Crippen molar-refractivity contribution in [3.8, 4) is 5.88 Å². The molecule has 0 aliphatic heterocycles. The lowest BCUT2D eigenvalue weighted by molar-refractivity contribution is 0.0948. The third kappa shape index (κ3) is 3.44. The summed E-state index contributed by atoms with van der Waals surface area (Å²) in [6.45, 7) is 6.74. The first kappa shape index (κ1) is 12.9. The van der Waals surface area contributed by atoms with Crippen LogP contribution in [0.3, 0.4) is 0 Å². The maximum Gasteiger partial charge on any atom is 0.213 e. The number of rotatable bonds is 2. The molecule has 0 aromatic carbocycles. The molecule has 0 amide bonds. The highest BCUT2D eigenvalue weighted by Gasteiger charge is 2.27. The molecule has 0 unspecified atom stereocenters. The molecule has 2 rings (SSSR count). The summed E-state index contributed by atoms with van der Waals surface area (Å²) in [5.74, 6) is 0.760. The van der Waals surface area contributed by atoms with Crippen LogP contribution in [0, 0.1) is 12.3 Å². The largest absolute Gasteiger partial charge is 0.474 e. The highest BCUT2D eigenvalue weighted by atomic mass is 79.9. The smallest absolute Gasteiger partial charge is 0.213 e. The highest BCUT2D eigenvalue weighted by molar-refractivity contribution is 9.10. The van der Waals surface area contributed by atoms with Crippen LogP contribution in [-0.4, -0.2) is 11.1 Å². The van der Waals surface area contributed by atoms with Gasteiger partial charge in [-0.25, -0.2) is 4.98 Å². The molecule has 1 aromatic heterocycles. The van der Waals surface area contributed by atoms with E-state index in [4.69, 9.17) is 4.74 Å². The molecule has 1 saturated carbocycles. The molecule has 0 saturated heterocycles. The molecule has 17 heavy (non-hydrogen) atoms. The number of ether oxygens (including phenoxy) is 1. The van der Waals surface area contributed by atoms with Crippen LogP contribution in [0.1, 0.15) is 45.1 Å². The molecule has 1 heterocycles. The van der Waals surface area contributed by atoms with E-state index in [1.807, 2.05) is 12.3 Å². The first-order valence-corrected chi connectivity index (χ1v) is 7.04. The first-order chi connectivity index (χ1) is 7.96. The van der Waals surface area contributed by atoms with E-state index in [0.717, 1.165) is 23.2 Å². The molecule has 1 aliphatic carbocycles. The van der Waals surface area contributed by atoms with E-state index in [1.54, 1.807) is 0 Å². The summed E-state index contributed by atoms with van der Waals surface area (Å²) in [4.78, 5) is 4.30. The van der Waals surface area contributed by atoms with Gasteiger partial charge in [0.2, 0.25) is 5.88 Å². The van der Waals surface area contributed by atoms with Crippen molar-refractivity contribution in [3.05, 3.63) is 22.3 Å². The Balaban J connectivity index is 1.95. The van der Waals surface area contributed by atoms with Gasteiger partial charge in [0.05, 0.1) is 0 Å². The number of pyridine rings is 1. The molecular formula is C14H20BrNO. The van der Waals surface area contributed by atoms with Gasteiger partial charge in [0, 0.05) is 16.7 Å². The number of hydrogen-bond donors (Lipinski definition) is 0. The number of nitrogens with zero attached hydrogens (tertiary/aromatic N) is 1. The topological polar surface area (TPSA) is 22.1 Å². The Morgan fingerprint density at radius 2 is 2.00 bits per heavy atom. The van der Waals surface area contributed by atoms with Gasteiger partial charge in [-0.3, -0.25) is 0 Å². The molecule has 1 aliphatic rings. The minimum absolute atomic E-state index is 0.344. The Bertz CT molecular complexity index is 393. The molecule has 0 N–H and O–H groups in total. The van der Waals surface area contributed by atoms with Gasteiger partial charge < -0.3 is 4.74 Å². The Kier molecular flexibility index (Phi) is 3.76. The summed E-state index contributed by atoms with van der Waals surface area (Å²) < 4.78 is 6.99. The van der Waals surface area contributed by atoms with Gasteiger partial charge in [-0.05, 0) is 59.5 Å². The monoisotopic (exact) mass is 297 g/mol. The fourth-order valence-electron chi connectivity index (χ4n) is 2.24. The van der Waals surface area contributed by atoms with E-state index in [1.165, 1.54) is 18.4 Å². The second-order valence-electron chi connectivity index (χ2n) is 5.75. The van der Waals surface area contributed by atoms with Gasteiger partial charge in [0.15, 0.2) is 0 Å². The quantitative estimate of drug-likeness (QED) is 0.802. The summed E-state index contributed by atoms with van der Waals surface area (Å²) in [6.07, 6.45) is 6.93. The number of halogens is 1. The number of aryl methyl sites for hydroxylation is 1. The second kappa shape index (κ2) is 4.97. The van der Waals surface area contributed by atoms with Crippen LogP contribution < -0.4 is 4.74 Å². The van der Waals surface area contributed by atoms with Gasteiger partial charge in [0.25, 0.3) is 0 Å². The lowest BCUT2D eigenvalue weighted by atomic mass is 9.76. The van der Waals surface area contributed by atoms with Crippen LogP contribution in [0.15, 0.2) is 16.7 Å².